The lowest BCUT2D eigenvalue weighted by Gasteiger charge is -2.34. The van der Waals surface area contributed by atoms with Crippen LogP contribution < -0.4 is 16.0 Å². The Morgan fingerprint density at radius 1 is 1.06 bits per heavy atom. The van der Waals surface area contributed by atoms with Gasteiger partial charge in [-0.3, -0.25) is 14.9 Å². The number of nitriles is 1. The fourth-order valence-electron chi connectivity index (χ4n) is 7.70. The van der Waals surface area contributed by atoms with Gasteiger partial charge >= 0.3 is 0 Å². The number of hydrogen-bond acceptors (Lipinski definition) is 9. The van der Waals surface area contributed by atoms with E-state index in [0.717, 1.165) is 35.1 Å². The van der Waals surface area contributed by atoms with Gasteiger partial charge in [0.25, 0.3) is 5.91 Å². The van der Waals surface area contributed by atoms with Crippen molar-refractivity contribution in [1.29, 1.82) is 5.26 Å². The molecule has 2 fully saturated rings. The molecule has 5 atom stereocenters. The van der Waals surface area contributed by atoms with Crippen LogP contribution in [-0.2, 0) is 23.1 Å². The SMILES string of the molecule is CNC(=O)c1ccc2c(c1)CCc1cc(C(O)NC)ccc1C2(CCNCC(=O)N1C(C#N)C[C@@H]2C[C@@H]21)c1nnc(-c2ccc(F)cc2)o1. The van der Waals surface area contributed by atoms with Crippen molar-refractivity contribution in [3.63, 3.8) is 0 Å². The lowest BCUT2D eigenvalue weighted by molar-refractivity contribution is -0.131. The number of likely N-dealkylation sites (tertiary alicyclic amines) is 1. The van der Waals surface area contributed by atoms with Crippen LogP contribution in [0.4, 0.5) is 4.39 Å². The molecule has 49 heavy (non-hydrogen) atoms. The Bertz CT molecular complexity index is 1940. The lowest BCUT2D eigenvalue weighted by Crippen LogP contribution is -2.44. The summed E-state index contributed by atoms with van der Waals surface area (Å²) in [6.07, 6.45) is 2.43. The summed E-state index contributed by atoms with van der Waals surface area (Å²) in [5.74, 6) is 0.278. The number of aryl methyl sites for hydroxylation is 2. The van der Waals surface area contributed by atoms with E-state index in [9.17, 15) is 24.3 Å². The molecule has 2 heterocycles. The largest absolute Gasteiger partial charge is 0.419 e. The number of amides is 2. The molecule has 1 aliphatic heterocycles. The molecule has 1 saturated carbocycles. The minimum atomic E-state index is -1.03. The van der Waals surface area contributed by atoms with Crippen LogP contribution in [0, 0.1) is 23.1 Å². The van der Waals surface area contributed by atoms with Gasteiger partial charge in [-0.15, -0.1) is 10.2 Å². The highest BCUT2D eigenvalue weighted by Crippen LogP contribution is 2.49. The van der Waals surface area contributed by atoms with Crippen LogP contribution in [0.2, 0.25) is 0 Å². The Labute approximate surface area is 283 Å². The van der Waals surface area contributed by atoms with E-state index in [1.807, 2.05) is 30.3 Å². The van der Waals surface area contributed by atoms with Gasteiger partial charge in [0.1, 0.15) is 23.5 Å². The molecule has 3 aliphatic rings. The highest BCUT2D eigenvalue weighted by Gasteiger charge is 2.54. The van der Waals surface area contributed by atoms with Crippen molar-refractivity contribution in [1.82, 2.24) is 31.0 Å². The molecule has 0 bridgehead atoms. The maximum Gasteiger partial charge on any atom is 0.251 e. The molecule has 3 unspecified atom stereocenters. The van der Waals surface area contributed by atoms with Crippen LogP contribution in [0.25, 0.3) is 11.5 Å². The second kappa shape index (κ2) is 13.2. The monoisotopic (exact) mass is 663 g/mol. The first-order valence-corrected chi connectivity index (χ1v) is 16.6. The number of halogens is 1. The number of nitrogens with one attached hydrogen (secondary N) is 3. The molecule has 12 heteroatoms. The Morgan fingerprint density at radius 2 is 1.80 bits per heavy atom. The van der Waals surface area contributed by atoms with E-state index < -0.39 is 11.6 Å². The number of aliphatic hydroxyl groups is 1. The second-order valence-electron chi connectivity index (χ2n) is 13.1. The minimum absolute atomic E-state index is 0.0742. The van der Waals surface area contributed by atoms with Gasteiger partial charge in [-0.25, -0.2) is 4.39 Å². The average Bonchev–Trinajstić information content (AvgIpc) is 3.56. The Hall–Kier alpha value is -4.96. The molecule has 3 aromatic carbocycles. The van der Waals surface area contributed by atoms with Crippen molar-refractivity contribution in [2.45, 2.75) is 55.8 Å². The quantitative estimate of drug-likeness (QED) is 0.148. The summed E-state index contributed by atoms with van der Waals surface area (Å²) in [7, 11) is 3.28. The van der Waals surface area contributed by atoms with Gasteiger partial charge in [-0.05, 0) is 116 Å². The number of benzene rings is 3. The predicted octanol–water partition coefficient (Wildman–Crippen LogP) is 3.37. The van der Waals surface area contributed by atoms with Crippen LogP contribution in [0.1, 0.15) is 69.6 Å². The normalized spacial score (nSPS) is 22.7. The smallest absolute Gasteiger partial charge is 0.251 e. The van der Waals surface area contributed by atoms with E-state index in [2.05, 4.69) is 32.2 Å². The van der Waals surface area contributed by atoms with Crippen LogP contribution in [0.15, 0.2) is 65.1 Å². The van der Waals surface area contributed by atoms with Crippen molar-refractivity contribution < 1.29 is 23.5 Å². The van der Waals surface area contributed by atoms with Crippen LogP contribution >= 0.6 is 0 Å². The molecule has 4 aromatic rings. The van der Waals surface area contributed by atoms with Crippen molar-refractivity contribution >= 4 is 11.8 Å². The molecule has 7 rings (SSSR count). The zero-order valence-electron chi connectivity index (χ0n) is 27.4. The summed E-state index contributed by atoms with van der Waals surface area (Å²) < 4.78 is 20.3. The molecule has 2 aliphatic carbocycles. The van der Waals surface area contributed by atoms with E-state index in [4.69, 9.17) is 4.42 Å². The molecule has 0 radical (unpaired) electrons. The first-order valence-electron chi connectivity index (χ1n) is 16.6. The highest BCUT2D eigenvalue weighted by atomic mass is 19.1. The summed E-state index contributed by atoms with van der Waals surface area (Å²) in [6, 6.07) is 19.3. The van der Waals surface area contributed by atoms with Crippen LogP contribution in [0.3, 0.4) is 0 Å². The summed E-state index contributed by atoms with van der Waals surface area (Å²) in [5, 5.41) is 38.3. The number of fused-ring (bicyclic) bond motifs is 3. The zero-order chi connectivity index (χ0) is 34.3. The number of piperidine rings is 1. The minimum Gasteiger partial charge on any atom is -0.419 e. The van der Waals surface area contributed by atoms with Gasteiger partial charge < -0.3 is 25.1 Å². The number of carbonyl (C=O) groups is 2. The van der Waals surface area contributed by atoms with Gasteiger partial charge in [0.05, 0.1) is 12.6 Å². The van der Waals surface area contributed by atoms with E-state index >= 15 is 0 Å². The maximum atomic E-state index is 13.8. The third-order valence-corrected chi connectivity index (χ3v) is 10.3. The molecule has 0 spiro atoms. The number of aliphatic hydroxyl groups excluding tert-OH is 1. The number of carbonyl (C=O) groups excluding carboxylic acids is 2. The number of nitrogens with zero attached hydrogens (tertiary/aromatic N) is 4. The molecule has 1 aromatic heterocycles. The third-order valence-electron chi connectivity index (χ3n) is 10.3. The van der Waals surface area contributed by atoms with Gasteiger partial charge in [0.15, 0.2) is 0 Å². The molecule has 1 saturated heterocycles. The predicted molar refractivity (Wildman–Crippen MR) is 178 cm³/mol. The number of aromatic nitrogens is 2. The first kappa shape index (κ1) is 32.6. The molecule has 252 valence electrons. The Kier molecular flexibility index (Phi) is 8.75. The van der Waals surface area contributed by atoms with Crippen molar-refractivity contribution in [3.05, 3.63) is 106 Å². The number of rotatable bonds is 10. The zero-order valence-corrected chi connectivity index (χ0v) is 27.4. The molecular formula is C37H38FN7O4. The van der Waals surface area contributed by atoms with Gasteiger partial charge in [-0.1, -0.05) is 24.3 Å². The van der Waals surface area contributed by atoms with Crippen LogP contribution in [0.5, 0.6) is 0 Å². The van der Waals surface area contributed by atoms with E-state index in [-0.39, 0.29) is 42.2 Å². The molecule has 4 N–H and O–H groups in total. The Balaban J connectivity index is 1.32. The summed E-state index contributed by atoms with van der Waals surface area (Å²) >= 11 is 0. The summed E-state index contributed by atoms with van der Waals surface area (Å²) in [4.78, 5) is 27.8. The van der Waals surface area contributed by atoms with Crippen molar-refractivity contribution in [3.8, 4) is 17.5 Å². The maximum absolute atomic E-state index is 13.8. The van der Waals surface area contributed by atoms with Crippen molar-refractivity contribution in [2.75, 3.05) is 27.2 Å². The van der Waals surface area contributed by atoms with E-state index in [0.29, 0.717) is 54.3 Å². The summed E-state index contributed by atoms with van der Waals surface area (Å²) in [6.45, 7) is 0.445. The van der Waals surface area contributed by atoms with Crippen molar-refractivity contribution in [2.24, 2.45) is 5.92 Å². The first-order chi connectivity index (χ1) is 23.8. The molecular weight excluding hydrogens is 625 g/mol. The fourth-order valence-corrected chi connectivity index (χ4v) is 7.70. The average molecular weight is 664 g/mol. The Morgan fingerprint density at radius 3 is 2.51 bits per heavy atom. The van der Waals surface area contributed by atoms with E-state index in [1.54, 1.807) is 37.2 Å². The lowest BCUT2D eigenvalue weighted by atomic mass is 9.69. The van der Waals surface area contributed by atoms with Gasteiger partial charge in [-0.2, -0.15) is 5.26 Å². The third kappa shape index (κ3) is 5.88. The topological polar surface area (TPSA) is 156 Å². The van der Waals surface area contributed by atoms with E-state index in [1.165, 1.54) is 12.1 Å². The standard InChI is InChI=1S/C37H38FN7O4/c1-40-33(47)24-7-11-29-22(15-24)3-4-23-16-25(34(48)41-2)8-12-30(23)37(29,36-44-43-35(49-36)21-5-9-27(38)10-6-21)13-14-42-20-32(46)45-28(19-39)17-26-18-31(26)45/h5-12,15-16,26,28,31,33,40,42,47H,3-4,13-14,17-18,20H2,1-2H3,(H,41,48)/t26-,28?,31+,33?,37?/m1/s1. The molecule has 2 amide bonds. The number of hydrogen-bond donors (Lipinski definition) is 4. The molecule has 11 nitrogen and oxygen atoms in total. The fraction of sp³-hybridized carbons (Fsp3) is 0.378. The highest BCUT2D eigenvalue weighted by molar-refractivity contribution is 5.94. The second-order valence-corrected chi connectivity index (χ2v) is 13.1. The van der Waals surface area contributed by atoms with Crippen LogP contribution in [-0.4, -0.2) is 71.3 Å². The van der Waals surface area contributed by atoms with Gasteiger partial charge in [0.2, 0.25) is 17.7 Å². The summed E-state index contributed by atoms with van der Waals surface area (Å²) in [5.41, 5.74) is 4.43. The van der Waals surface area contributed by atoms with Gasteiger partial charge in [0, 0.05) is 24.2 Å².